The fourth-order valence-corrected chi connectivity index (χ4v) is 2.97. The molecule has 0 radical (unpaired) electrons. The van der Waals surface area contributed by atoms with E-state index in [1.165, 1.54) is 26.4 Å². The van der Waals surface area contributed by atoms with Gasteiger partial charge in [0.2, 0.25) is 0 Å². The molecule has 3 rings (SSSR count). The highest BCUT2D eigenvalue weighted by Crippen LogP contribution is 2.32. The lowest BCUT2D eigenvalue weighted by Gasteiger charge is -2.19. The Morgan fingerprint density at radius 3 is 2.27 bits per heavy atom. The molecule has 0 fully saturated rings. The van der Waals surface area contributed by atoms with E-state index in [2.05, 4.69) is 0 Å². The smallest absolute Gasteiger partial charge is 0.338 e. The van der Waals surface area contributed by atoms with Crippen LogP contribution in [0.4, 0.5) is 11.4 Å². The standard InChI is InChI=1S/C18H16N2O6/c1-25-17(21)15-6-5-13(8-16(15)18(22)26-2)19-9-11-3-4-14(20(23)24)7-12(11)10-19/h3-8H,9-10H2,1-2H3. The van der Waals surface area contributed by atoms with Gasteiger partial charge in [-0.25, -0.2) is 9.59 Å². The summed E-state index contributed by atoms with van der Waals surface area (Å²) in [5.74, 6) is -1.27. The van der Waals surface area contributed by atoms with Gasteiger partial charge >= 0.3 is 11.9 Å². The zero-order chi connectivity index (χ0) is 18.8. The van der Waals surface area contributed by atoms with E-state index in [0.717, 1.165) is 11.1 Å². The molecule has 134 valence electrons. The molecule has 0 saturated carbocycles. The second-order valence-electron chi connectivity index (χ2n) is 5.78. The number of methoxy groups -OCH3 is 2. The predicted octanol–water partition coefficient (Wildman–Crippen LogP) is 2.69. The summed E-state index contributed by atoms with van der Waals surface area (Å²) in [6.07, 6.45) is 0. The first-order valence-electron chi connectivity index (χ1n) is 7.76. The molecule has 2 aromatic carbocycles. The molecule has 0 aliphatic carbocycles. The third kappa shape index (κ3) is 3.08. The first-order chi connectivity index (χ1) is 12.4. The van der Waals surface area contributed by atoms with Crippen LogP contribution >= 0.6 is 0 Å². The molecular weight excluding hydrogens is 340 g/mol. The number of carbonyl (C=O) groups is 2. The molecule has 0 spiro atoms. The Hall–Kier alpha value is -3.42. The number of ether oxygens (including phenoxy) is 2. The molecule has 0 N–H and O–H groups in total. The van der Waals surface area contributed by atoms with E-state index in [1.807, 2.05) is 4.90 Å². The van der Waals surface area contributed by atoms with Gasteiger partial charge in [0, 0.05) is 30.9 Å². The number of hydrogen-bond donors (Lipinski definition) is 0. The molecule has 1 aliphatic rings. The fourth-order valence-electron chi connectivity index (χ4n) is 2.97. The number of carbonyl (C=O) groups excluding carboxylic acids is 2. The van der Waals surface area contributed by atoms with Crippen molar-refractivity contribution in [1.82, 2.24) is 0 Å². The third-order valence-electron chi connectivity index (χ3n) is 4.30. The summed E-state index contributed by atoms with van der Waals surface area (Å²) in [5.41, 5.74) is 2.82. The van der Waals surface area contributed by atoms with E-state index >= 15 is 0 Å². The zero-order valence-electron chi connectivity index (χ0n) is 14.2. The summed E-state index contributed by atoms with van der Waals surface area (Å²) in [4.78, 5) is 36.4. The summed E-state index contributed by atoms with van der Waals surface area (Å²) < 4.78 is 9.45. The van der Waals surface area contributed by atoms with Crippen LogP contribution in [0.5, 0.6) is 0 Å². The lowest BCUT2D eigenvalue weighted by molar-refractivity contribution is -0.384. The van der Waals surface area contributed by atoms with E-state index in [0.29, 0.717) is 18.8 Å². The van der Waals surface area contributed by atoms with Gasteiger partial charge in [0.1, 0.15) is 0 Å². The van der Waals surface area contributed by atoms with E-state index in [4.69, 9.17) is 9.47 Å². The maximum Gasteiger partial charge on any atom is 0.338 e. The zero-order valence-corrected chi connectivity index (χ0v) is 14.2. The van der Waals surface area contributed by atoms with Gasteiger partial charge in [-0.1, -0.05) is 6.07 Å². The van der Waals surface area contributed by atoms with E-state index in [-0.39, 0.29) is 16.8 Å². The second-order valence-corrected chi connectivity index (χ2v) is 5.78. The number of rotatable bonds is 4. The maximum atomic E-state index is 12.0. The van der Waals surface area contributed by atoms with Crippen LogP contribution in [0.25, 0.3) is 0 Å². The van der Waals surface area contributed by atoms with Crippen LogP contribution in [0.1, 0.15) is 31.8 Å². The van der Waals surface area contributed by atoms with Gasteiger partial charge in [0.15, 0.2) is 0 Å². The predicted molar refractivity (Wildman–Crippen MR) is 92.1 cm³/mol. The molecule has 1 heterocycles. The first-order valence-corrected chi connectivity index (χ1v) is 7.76. The number of anilines is 1. The molecule has 0 amide bonds. The Bertz CT molecular complexity index is 909. The number of hydrogen-bond acceptors (Lipinski definition) is 7. The first kappa shape index (κ1) is 17.4. The normalized spacial score (nSPS) is 12.5. The number of nitro benzene ring substituents is 1. The molecular formula is C18H16N2O6. The van der Waals surface area contributed by atoms with Crippen LogP contribution in [0.15, 0.2) is 36.4 Å². The minimum atomic E-state index is -0.639. The largest absolute Gasteiger partial charge is 0.465 e. The molecule has 26 heavy (non-hydrogen) atoms. The Morgan fingerprint density at radius 2 is 1.62 bits per heavy atom. The van der Waals surface area contributed by atoms with Crippen LogP contribution in [0.2, 0.25) is 0 Å². The Balaban J connectivity index is 1.94. The van der Waals surface area contributed by atoms with Gasteiger partial charge in [-0.2, -0.15) is 0 Å². The lowest BCUT2D eigenvalue weighted by Crippen LogP contribution is -2.17. The molecule has 8 heteroatoms. The fraction of sp³-hybridized carbons (Fsp3) is 0.222. The van der Waals surface area contributed by atoms with Gasteiger partial charge in [0.25, 0.3) is 5.69 Å². The number of esters is 2. The van der Waals surface area contributed by atoms with Gasteiger partial charge in [-0.3, -0.25) is 10.1 Å². The van der Waals surface area contributed by atoms with Gasteiger partial charge < -0.3 is 14.4 Å². The second kappa shape index (κ2) is 6.83. The molecule has 2 aromatic rings. The van der Waals surface area contributed by atoms with E-state index < -0.39 is 16.9 Å². The summed E-state index contributed by atoms with van der Waals surface area (Å²) in [6.45, 7) is 1.01. The highest BCUT2D eigenvalue weighted by molar-refractivity contribution is 6.03. The van der Waals surface area contributed by atoms with Gasteiger partial charge in [-0.05, 0) is 29.3 Å². The van der Waals surface area contributed by atoms with Crippen molar-refractivity contribution in [1.29, 1.82) is 0 Å². The van der Waals surface area contributed by atoms with Crippen molar-refractivity contribution >= 4 is 23.3 Å². The Kier molecular flexibility index (Phi) is 4.57. The third-order valence-corrected chi connectivity index (χ3v) is 4.30. The average molecular weight is 356 g/mol. The molecule has 0 bridgehead atoms. The minimum Gasteiger partial charge on any atom is -0.465 e. The average Bonchev–Trinajstić information content (AvgIpc) is 3.09. The van der Waals surface area contributed by atoms with Gasteiger partial charge in [0.05, 0.1) is 30.3 Å². The Morgan fingerprint density at radius 1 is 0.962 bits per heavy atom. The number of non-ortho nitro benzene ring substituents is 1. The van der Waals surface area contributed by atoms with Crippen molar-refractivity contribution in [3.8, 4) is 0 Å². The maximum absolute atomic E-state index is 12.0. The number of fused-ring (bicyclic) bond motifs is 1. The molecule has 0 saturated heterocycles. The number of nitro groups is 1. The highest BCUT2D eigenvalue weighted by atomic mass is 16.6. The van der Waals surface area contributed by atoms with Crippen LogP contribution in [-0.4, -0.2) is 31.1 Å². The monoisotopic (exact) mass is 356 g/mol. The molecule has 0 aromatic heterocycles. The van der Waals surface area contributed by atoms with Crippen molar-refractivity contribution in [2.75, 3.05) is 19.1 Å². The SMILES string of the molecule is COC(=O)c1ccc(N2Cc3ccc([N+](=O)[O-])cc3C2)cc1C(=O)OC. The summed E-state index contributed by atoms with van der Waals surface area (Å²) in [7, 11) is 2.47. The quantitative estimate of drug-likeness (QED) is 0.472. The molecule has 1 aliphatic heterocycles. The molecule has 8 nitrogen and oxygen atoms in total. The molecule has 0 atom stereocenters. The molecule has 0 unspecified atom stereocenters. The van der Waals surface area contributed by atoms with Crippen molar-refractivity contribution < 1.29 is 24.0 Å². The van der Waals surface area contributed by atoms with Crippen molar-refractivity contribution in [2.45, 2.75) is 13.1 Å². The minimum absolute atomic E-state index is 0.0434. The van der Waals surface area contributed by atoms with Crippen molar-refractivity contribution in [3.63, 3.8) is 0 Å². The van der Waals surface area contributed by atoms with Crippen LogP contribution in [-0.2, 0) is 22.6 Å². The van der Waals surface area contributed by atoms with Crippen LogP contribution < -0.4 is 4.90 Å². The van der Waals surface area contributed by atoms with Crippen LogP contribution in [0.3, 0.4) is 0 Å². The summed E-state index contributed by atoms with van der Waals surface area (Å²) in [6, 6.07) is 9.55. The summed E-state index contributed by atoms with van der Waals surface area (Å²) in [5, 5.41) is 10.9. The number of benzene rings is 2. The Labute approximate surface area is 149 Å². The number of nitrogens with zero attached hydrogens (tertiary/aromatic N) is 2. The van der Waals surface area contributed by atoms with Crippen LogP contribution in [0, 0.1) is 10.1 Å². The lowest BCUT2D eigenvalue weighted by atomic mass is 10.1. The van der Waals surface area contributed by atoms with Crippen molar-refractivity contribution in [2.24, 2.45) is 0 Å². The topological polar surface area (TPSA) is 99.0 Å². The van der Waals surface area contributed by atoms with Crippen molar-refractivity contribution in [3.05, 3.63) is 68.8 Å². The van der Waals surface area contributed by atoms with E-state index in [1.54, 1.807) is 24.3 Å². The highest BCUT2D eigenvalue weighted by Gasteiger charge is 2.25. The van der Waals surface area contributed by atoms with E-state index in [9.17, 15) is 19.7 Å². The van der Waals surface area contributed by atoms with Gasteiger partial charge in [-0.15, -0.1) is 0 Å². The summed E-state index contributed by atoms with van der Waals surface area (Å²) >= 11 is 0.